The van der Waals surface area contributed by atoms with Crippen molar-refractivity contribution in [2.75, 3.05) is 0 Å². The van der Waals surface area contributed by atoms with E-state index in [-0.39, 0.29) is 0 Å². The van der Waals surface area contributed by atoms with Gasteiger partial charge in [0.15, 0.2) is 0 Å². The Balaban J connectivity index is 1.79. The number of rotatable bonds is 4. The summed E-state index contributed by atoms with van der Waals surface area (Å²) in [4.78, 5) is 8.83. The second-order valence-corrected chi connectivity index (χ2v) is 7.33. The highest BCUT2D eigenvalue weighted by Crippen LogP contribution is 2.28. The molecule has 1 unspecified atom stereocenters. The summed E-state index contributed by atoms with van der Waals surface area (Å²) in [6.45, 7) is 5.03. The second kappa shape index (κ2) is 7.95. The van der Waals surface area contributed by atoms with Crippen LogP contribution in [0.25, 0.3) is 11.0 Å². The minimum Gasteiger partial charge on any atom is -0.380 e. The molecule has 0 saturated heterocycles. The molecular weight excluding hydrogens is 346 g/mol. The lowest BCUT2D eigenvalue weighted by atomic mass is 9.99. The molecule has 1 aliphatic rings. The zero-order valence-corrected chi connectivity index (χ0v) is 16.3. The minimum absolute atomic E-state index is 0.662. The largest absolute Gasteiger partial charge is 0.380 e. The van der Waals surface area contributed by atoms with Crippen LogP contribution in [0.15, 0.2) is 83.7 Å². The van der Waals surface area contributed by atoms with Gasteiger partial charge in [0.1, 0.15) is 11.9 Å². The highest BCUT2D eigenvalue weighted by atomic mass is 16.3. The van der Waals surface area contributed by atoms with E-state index in [0.29, 0.717) is 12.4 Å². The number of aromatic nitrogens is 3. The van der Waals surface area contributed by atoms with Crippen LogP contribution in [0.2, 0.25) is 0 Å². The third kappa shape index (κ3) is 3.69. The number of allylic oxidation sites excluding steroid dienone is 6. The van der Waals surface area contributed by atoms with Crippen molar-refractivity contribution in [2.45, 2.75) is 39.3 Å². The number of nitrogens with zero attached hydrogens (tertiary/aromatic N) is 3. The molecule has 1 aromatic carbocycles. The van der Waals surface area contributed by atoms with Crippen LogP contribution in [0.1, 0.15) is 44.2 Å². The first-order valence-corrected chi connectivity index (χ1v) is 9.68. The molecule has 1 atom stereocenters. The van der Waals surface area contributed by atoms with E-state index in [1.54, 1.807) is 12.4 Å². The first-order valence-electron chi connectivity index (χ1n) is 9.68. The fourth-order valence-corrected chi connectivity index (χ4v) is 3.62. The Kier molecular flexibility index (Phi) is 5.22. The number of benzene rings is 1. The Morgan fingerprint density at radius 3 is 2.64 bits per heavy atom. The molecule has 1 aliphatic carbocycles. The van der Waals surface area contributed by atoms with Crippen molar-refractivity contribution in [3.05, 3.63) is 95.1 Å². The van der Waals surface area contributed by atoms with Crippen molar-refractivity contribution >= 4 is 11.0 Å². The summed E-state index contributed by atoms with van der Waals surface area (Å²) >= 11 is 0. The SMILES string of the molecule is C/C1=C/C/C=C(C)/C(Cn2c(C(O)c3ccncc3)nc3ccccc32)=C\C1. The van der Waals surface area contributed by atoms with Crippen molar-refractivity contribution in [1.29, 1.82) is 0 Å². The van der Waals surface area contributed by atoms with Crippen LogP contribution >= 0.6 is 0 Å². The monoisotopic (exact) mass is 371 g/mol. The van der Waals surface area contributed by atoms with Gasteiger partial charge in [0, 0.05) is 18.9 Å². The number of aliphatic hydroxyl groups excluding tert-OH is 1. The Morgan fingerprint density at radius 1 is 1.04 bits per heavy atom. The third-order valence-electron chi connectivity index (χ3n) is 5.35. The van der Waals surface area contributed by atoms with Crippen molar-refractivity contribution in [3.63, 3.8) is 0 Å². The maximum atomic E-state index is 11.1. The summed E-state index contributed by atoms with van der Waals surface area (Å²) in [5, 5.41) is 11.1. The number of imidazole rings is 1. The molecule has 3 aromatic rings. The maximum absolute atomic E-state index is 11.1. The molecule has 0 bridgehead atoms. The van der Waals surface area contributed by atoms with Crippen molar-refractivity contribution in [2.24, 2.45) is 0 Å². The zero-order valence-electron chi connectivity index (χ0n) is 16.3. The molecule has 0 saturated carbocycles. The van der Waals surface area contributed by atoms with E-state index >= 15 is 0 Å². The third-order valence-corrected chi connectivity index (χ3v) is 5.35. The van der Waals surface area contributed by atoms with E-state index in [9.17, 15) is 5.11 Å². The molecule has 0 aliphatic heterocycles. The van der Waals surface area contributed by atoms with Gasteiger partial charge < -0.3 is 9.67 Å². The number of fused-ring (bicyclic) bond motifs is 1. The van der Waals surface area contributed by atoms with Crippen LogP contribution in [-0.4, -0.2) is 19.6 Å². The lowest BCUT2D eigenvalue weighted by Crippen LogP contribution is -2.12. The average Bonchev–Trinajstić information content (AvgIpc) is 3.08. The number of hydrogen-bond acceptors (Lipinski definition) is 3. The Labute approximate surface area is 165 Å². The van der Waals surface area contributed by atoms with Gasteiger partial charge >= 0.3 is 0 Å². The van der Waals surface area contributed by atoms with Crippen LogP contribution in [0.3, 0.4) is 0 Å². The van der Waals surface area contributed by atoms with Gasteiger partial charge in [-0.25, -0.2) is 4.98 Å². The molecule has 28 heavy (non-hydrogen) atoms. The molecule has 4 nitrogen and oxygen atoms in total. The van der Waals surface area contributed by atoms with Gasteiger partial charge in [0.2, 0.25) is 0 Å². The standard InChI is InChI=1S/C24H25N3O/c1-17-6-5-7-18(2)20(11-10-17)16-27-22-9-4-3-8-21(22)26-24(27)23(28)19-12-14-25-15-13-19/h3-4,6-9,11-15,23,28H,5,10,16H2,1-2H3/b17-6-,18-7+,20-11-. The molecule has 0 amide bonds. The Morgan fingerprint density at radius 2 is 1.82 bits per heavy atom. The first-order chi connectivity index (χ1) is 13.6. The van der Waals surface area contributed by atoms with E-state index in [0.717, 1.165) is 29.4 Å². The predicted molar refractivity (Wildman–Crippen MR) is 113 cm³/mol. The Hall–Kier alpha value is -2.98. The molecule has 2 aromatic heterocycles. The molecular formula is C24H25N3O. The Bertz CT molecular complexity index is 1070. The highest BCUT2D eigenvalue weighted by Gasteiger charge is 2.20. The molecule has 4 rings (SSSR count). The van der Waals surface area contributed by atoms with Crippen LogP contribution in [-0.2, 0) is 6.54 Å². The number of pyridine rings is 1. The molecule has 0 fully saturated rings. The summed E-state index contributed by atoms with van der Waals surface area (Å²) in [5.41, 5.74) is 6.67. The summed E-state index contributed by atoms with van der Waals surface area (Å²) < 4.78 is 2.14. The predicted octanol–water partition coefficient (Wildman–Crippen LogP) is 5.13. The van der Waals surface area contributed by atoms with Crippen molar-refractivity contribution in [3.8, 4) is 0 Å². The van der Waals surface area contributed by atoms with Gasteiger partial charge in [-0.2, -0.15) is 0 Å². The second-order valence-electron chi connectivity index (χ2n) is 7.33. The van der Waals surface area contributed by atoms with Gasteiger partial charge in [0.25, 0.3) is 0 Å². The quantitative estimate of drug-likeness (QED) is 0.647. The maximum Gasteiger partial charge on any atom is 0.143 e. The van der Waals surface area contributed by atoms with Gasteiger partial charge in [-0.1, -0.05) is 41.5 Å². The lowest BCUT2D eigenvalue weighted by Gasteiger charge is -2.17. The van der Waals surface area contributed by atoms with Crippen LogP contribution in [0, 0.1) is 0 Å². The minimum atomic E-state index is -0.796. The van der Waals surface area contributed by atoms with E-state index < -0.39 is 6.10 Å². The molecule has 142 valence electrons. The summed E-state index contributed by atoms with van der Waals surface area (Å²) in [6.07, 6.45) is 11.4. The fraction of sp³-hybridized carbons (Fsp3) is 0.250. The average molecular weight is 371 g/mol. The van der Waals surface area contributed by atoms with Crippen LogP contribution in [0.5, 0.6) is 0 Å². The lowest BCUT2D eigenvalue weighted by molar-refractivity contribution is 0.206. The summed E-state index contributed by atoms with van der Waals surface area (Å²) in [7, 11) is 0. The zero-order chi connectivity index (χ0) is 19.5. The number of hydrogen-bond donors (Lipinski definition) is 1. The number of para-hydroxylation sites is 2. The summed E-state index contributed by atoms with van der Waals surface area (Å²) in [6, 6.07) is 11.7. The van der Waals surface area contributed by atoms with E-state index in [1.807, 2.05) is 30.3 Å². The first kappa shape index (κ1) is 18.4. The smallest absolute Gasteiger partial charge is 0.143 e. The van der Waals surface area contributed by atoms with Crippen LogP contribution < -0.4 is 0 Å². The highest BCUT2D eigenvalue weighted by molar-refractivity contribution is 5.76. The van der Waals surface area contributed by atoms with Gasteiger partial charge in [-0.15, -0.1) is 0 Å². The van der Waals surface area contributed by atoms with E-state index in [4.69, 9.17) is 4.98 Å². The van der Waals surface area contributed by atoms with Crippen molar-refractivity contribution in [1.82, 2.24) is 14.5 Å². The van der Waals surface area contributed by atoms with Gasteiger partial charge in [0.05, 0.1) is 11.0 Å². The van der Waals surface area contributed by atoms with E-state index in [2.05, 4.69) is 47.7 Å². The normalized spacial score (nSPS) is 21.6. The van der Waals surface area contributed by atoms with Crippen molar-refractivity contribution < 1.29 is 5.11 Å². The van der Waals surface area contributed by atoms with Crippen LogP contribution in [0.4, 0.5) is 0 Å². The fourth-order valence-electron chi connectivity index (χ4n) is 3.62. The molecule has 4 heteroatoms. The number of aliphatic hydroxyl groups is 1. The molecule has 0 spiro atoms. The molecule has 1 N–H and O–H groups in total. The van der Waals surface area contributed by atoms with E-state index in [1.165, 1.54) is 16.7 Å². The van der Waals surface area contributed by atoms with Gasteiger partial charge in [-0.05, 0) is 62.1 Å². The summed E-state index contributed by atoms with van der Waals surface area (Å²) in [5.74, 6) is 0.662. The van der Waals surface area contributed by atoms with Gasteiger partial charge in [-0.3, -0.25) is 4.98 Å². The topological polar surface area (TPSA) is 50.9 Å². The molecule has 2 heterocycles. The molecule has 0 radical (unpaired) electrons.